The summed E-state index contributed by atoms with van der Waals surface area (Å²) in [4.78, 5) is 14.8. The number of piperidine rings is 1. The number of benzene rings is 2. The molecule has 1 fully saturated rings. The van der Waals surface area contributed by atoms with Crippen molar-refractivity contribution in [2.45, 2.75) is 25.8 Å². The number of nitro groups is 1. The monoisotopic (exact) mass is 384 g/mol. The first-order valence-corrected chi connectivity index (χ1v) is 9.55. The Morgan fingerprint density at radius 1 is 1.15 bits per heavy atom. The molecule has 6 nitrogen and oxygen atoms in total. The van der Waals surface area contributed by atoms with Gasteiger partial charge in [0.05, 0.1) is 4.92 Å². The minimum atomic E-state index is -0.411. The Kier molecular flexibility index (Phi) is 6.24. The van der Waals surface area contributed by atoms with Gasteiger partial charge >= 0.3 is 0 Å². The van der Waals surface area contributed by atoms with E-state index in [0.29, 0.717) is 11.7 Å². The van der Waals surface area contributed by atoms with E-state index in [1.807, 2.05) is 11.9 Å². The van der Waals surface area contributed by atoms with E-state index in [4.69, 9.17) is 12.2 Å². The molecule has 1 heterocycles. The standard InChI is InChI=1S/C20H24N4O2S/c1-22(20(27)21-17-9-11-18(12-10-17)24(25)26)15-16-7-3-4-8-19(16)23-13-5-2-6-14-23/h3-4,7-12H,2,5-6,13-15H2,1H3,(H,21,27). The Morgan fingerprint density at radius 3 is 2.48 bits per heavy atom. The first-order valence-electron chi connectivity index (χ1n) is 9.14. The minimum absolute atomic E-state index is 0.0651. The maximum absolute atomic E-state index is 10.8. The Balaban J connectivity index is 1.65. The first kappa shape index (κ1) is 19.1. The molecule has 0 saturated carbocycles. The molecule has 2 aromatic carbocycles. The summed E-state index contributed by atoms with van der Waals surface area (Å²) in [5, 5.41) is 14.5. The summed E-state index contributed by atoms with van der Waals surface area (Å²) >= 11 is 5.51. The van der Waals surface area contributed by atoms with Crippen LogP contribution in [0.1, 0.15) is 24.8 Å². The molecule has 3 rings (SSSR count). The van der Waals surface area contributed by atoms with Crippen LogP contribution in [0.4, 0.5) is 17.1 Å². The summed E-state index contributed by atoms with van der Waals surface area (Å²) < 4.78 is 0. The van der Waals surface area contributed by atoms with Crippen molar-refractivity contribution in [3.63, 3.8) is 0 Å². The van der Waals surface area contributed by atoms with Crippen LogP contribution < -0.4 is 10.2 Å². The smallest absolute Gasteiger partial charge is 0.269 e. The van der Waals surface area contributed by atoms with Crippen LogP contribution in [-0.2, 0) is 6.54 Å². The molecule has 0 aromatic heterocycles. The number of nitrogens with zero attached hydrogens (tertiary/aromatic N) is 3. The van der Waals surface area contributed by atoms with Crippen molar-refractivity contribution in [1.29, 1.82) is 0 Å². The zero-order valence-corrected chi connectivity index (χ0v) is 16.2. The van der Waals surface area contributed by atoms with Crippen molar-refractivity contribution in [2.75, 3.05) is 30.4 Å². The van der Waals surface area contributed by atoms with Crippen LogP contribution in [0.2, 0.25) is 0 Å². The maximum atomic E-state index is 10.8. The molecule has 27 heavy (non-hydrogen) atoms. The Morgan fingerprint density at radius 2 is 1.81 bits per heavy atom. The lowest BCUT2D eigenvalue weighted by molar-refractivity contribution is -0.384. The Bertz CT molecular complexity index is 804. The quantitative estimate of drug-likeness (QED) is 0.468. The predicted molar refractivity (Wildman–Crippen MR) is 113 cm³/mol. The molecule has 0 unspecified atom stereocenters. The van der Waals surface area contributed by atoms with Gasteiger partial charge < -0.3 is 15.1 Å². The van der Waals surface area contributed by atoms with Crippen molar-refractivity contribution >= 4 is 34.4 Å². The van der Waals surface area contributed by atoms with Gasteiger partial charge in [0.2, 0.25) is 0 Å². The summed E-state index contributed by atoms with van der Waals surface area (Å²) in [5.41, 5.74) is 3.33. The van der Waals surface area contributed by atoms with E-state index >= 15 is 0 Å². The first-order chi connectivity index (χ1) is 13.0. The Labute approximate surface area is 164 Å². The van der Waals surface area contributed by atoms with Gasteiger partial charge in [-0.1, -0.05) is 18.2 Å². The second-order valence-electron chi connectivity index (χ2n) is 6.77. The molecule has 0 amide bonds. The molecule has 1 saturated heterocycles. The van der Waals surface area contributed by atoms with Gasteiger partial charge in [0.1, 0.15) is 0 Å². The second kappa shape index (κ2) is 8.81. The number of nitrogens with one attached hydrogen (secondary N) is 1. The van der Waals surface area contributed by atoms with E-state index in [9.17, 15) is 10.1 Å². The zero-order valence-electron chi connectivity index (χ0n) is 15.4. The Hall–Kier alpha value is -2.67. The highest BCUT2D eigenvalue weighted by Gasteiger charge is 2.16. The highest BCUT2D eigenvalue weighted by atomic mass is 32.1. The van der Waals surface area contributed by atoms with Crippen LogP contribution >= 0.6 is 12.2 Å². The molecule has 1 aliphatic heterocycles. The lowest BCUT2D eigenvalue weighted by Crippen LogP contribution is -2.33. The normalized spacial score (nSPS) is 13.9. The fourth-order valence-electron chi connectivity index (χ4n) is 3.30. The van der Waals surface area contributed by atoms with Crippen molar-refractivity contribution in [3.05, 3.63) is 64.2 Å². The zero-order chi connectivity index (χ0) is 19.2. The highest BCUT2D eigenvalue weighted by molar-refractivity contribution is 7.80. The van der Waals surface area contributed by atoms with E-state index in [-0.39, 0.29) is 5.69 Å². The lowest BCUT2D eigenvalue weighted by Gasteiger charge is -2.32. The van der Waals surface area contributed by atoms with Crippen molar-refractivity contribution < 1.29 is 4.92 Å². The van der Waals surface area contributed by atoms with Crippen LogP contribution in [-0.4, -0.2) is 35.1 Å². The summed E-state index contributed by atoms with van der Waals surface area (Å²) in [5.74, 6) is 0. The number of non-ortho nitro benzene ring substituents is 1. The maximum Gasteiger partial charge on any atom is 0.269 e. The van der Waals surface area contributed by atoms with Crippen LogP contribution in [0.25, 0.3) is 0 Å². The number of rotatable bonds is 5. The molecule has 2 aromatic rings. The van der Waals surface area contributed by atoms with Crippen molar-refractivity contribution in [2.24, 2.45) is 0 Å². The minimum Gasteiger partial charge on any atom is -0.371 e. The number of para-hydroxylation sites is 1. The topological polar surface area (TPSA) is 61.6 Å². The number of thiocarbonyl (C=S) groups is 1. The van der Waals surface area contributed by atoms with Crippen molar-refractivity contribution in [1.82, 2.24) is 4.90 Å². The van der Waals surface area contributed by atoms with Crippen LogP contribution in [0, 0.1) is 10.1 Å². The van der Waals surface area contributed by atoms with E-state index in [1.54, 1.807) is 12.1 Å². The third kappa shape index (κ3) is 4.95. The third-order valence-corrected chi connectivity index (χ3v) is 5.19. The molecule has 7 heteroatoms. The molecular weight excluding hydrogens is 360 g/mol. The number of hydrogen-bond acceptors (Lipinski definition) is 4. The summed E-state index contributed by atoms with van der Waals surface area (Å²) in [6.07, 6.45) is 3.79. The van der Waals surface area contributed by atoms with Gasteiger partial charge in [-0.05, 0) is 55.2 Å². The average molecular weight is 385 g/mol. The second-order valence-corrected chi connectivity index (χ2v) is 7.15. The lowest BCUT2D eigenvalue weighted by atomic mass is 10.1. The number of anilines is 2. The van der Waals surface area contributed by atoms with Gasteiger partial charge in [-0.15, -0.1) is 0 Å². The van der Waals surface area contributed by atoms with Gasteiger partial charge in [-0.3, -0.25) is 10.1 Å². The third-order valence-electron chi connectivity index (χ3n) is 4.77. The SMILES string of the molecule is CN(Cc1ccccc1N1CCCCC1)C(=S)Nc1ccc([N+](=O)[O-])cc1. The van der Waals surface area contributed by atoms with E-state index < -0.39 is 4.92 Å². The highest BCUT2D eigenvalue weighted by Crippen LogP contribution is 2.25. The van der Waals surface area contributed by atoms with Gasteiger partial charge in [-0.2, -0.15) is 0 Å². The van der Waals surface area contributed by atoms with E-state index in [0.717, 1.165) is 18.8 Å². The predicted octanol–water partition coefficient (Wildman–Crippen LogP) is 4.41. The van der Waals surface area contributed by atoms with E-state index in [2.05, 4.69) is 34.5 Å². The number of hydrogen-bond donors (Lipinski definition) is 1. The molecule has 0 aliphatic carbocycles. The van der Waals surface area contributed by atoms with Crippen LogP contribution in [0.3, 0.4) is 0 Å². The molecule has 1 aliphatic rings. The fraction of sp³-hybridized carbons (Fsp3) is 0.350. The van der Waals surface area contributed by atoms with Crippen molar-refractivity contribution in [3.8, 4) is 0 Å². The van der Waals surface area contributed by atoms with Crippen LogP contribution in [0.15, 0.2) is 48.5 Å². The molecule has 0 bridgehead atoms. The molecule has 0 spiro atoms. The van der Waals surface area contributed by atoms with Gasteiger partial charge in [0.15, 0.2) is 5.11 Å². The largest absolute Gasteiger partial charge is 0.371 e. The summed E-state index contributed by atoms with van der Waals surface area (Å²) in [6.45, 7) is 2.91. The van der Waals surface area contributed by atoms with Gasteiger partial charge in [0, 0.05) is 50.2 Å². The van der Waals surface area contributed by atoms with Gasteiger partial charge in [-0.25, -0.2) is 0 Å². The fourth-order valence-corrected chi connectivity index (χ4v) is 3.48. The van der Waals surface area contributed by atoms with Gasteiger partial charge in [0.25, 0.3) is 5.69 Å². The molecular formula is C20H24N4O2S. The molecule has 1 N–H and O–H groups in total. The average Bonchev–Trinajstić information content (AvgIpc) is 2.69. The van der Waals surface area contributed by atoms with Crippen LogP contribution in [0.5, 0.6) is 0 Å². The summed E-state index contributed by atoms with van der Waals surface area (Å²) in [6, 6.07) is 14.7. The molecule has 0 atom stereocenters. The molecule has 0 radical (unpaired) electrons. The number of nitro benzene ring substituents is 1. The van der Waals surface area contributed by atoms with E-state index in [1.165, 1.54) is 42.6 Å². The summed E-state index contributed by atoms with van der Waals surface area (Å²) in [7, 11) is 1.95. The molecule has 142 valence electrons.